The molecule has 0 aliphatic carbocycles. The van der Waals surface area contributed by atoms with Crippen LogP contribution in [0.25, 0.3) is 11.5 Å². The number of aryl methyl sites for hydroxylation is 2. The van der Waals surface area contributed by atoms with Gasteiger partial charge in [0.1, 0.15) is 0 Å². The van der Waals surface area contributed by atoms with E-state index in [0.29, 0.717) is 18.3 Å². The molecule has 7 heteroatoms. The summed E-state index contributed by atoms with van der Waals surface area (Å²) in [4.78, 5) is 17.1. The molecule has 6 nitrogen and oxygen atoms in total. The van der Waals surface area contributed by atoms with Gasteiger partial charge in [-0.25, -0.2) is 4.79 Å². The van der Waals surface area contributed by atoms with Gasteiger partial charge in [0.25, 0.3) is 0 Å². The summed E-state index contributed by atoms with van der Waals surface area (Å²) in [6.07, 6.45) is 0. The van der Waals surface area contributed by atoms with Crippen LogP contribution in [0, 0.1) is 13.8 Å². The smallest absolute Gasteiger partial charge is 0.324 e. The Morgan fingerprint density at radius 1 is 1.03 bits per heavy atom. The topological polar surface area (TPSA) is 62.5 Å². The van der Waals surface area contributed by atoms with Crippen molar-refractivity contribution in [2.24, 2.45) is 0 Å². The van der Waals surface area contributed by atoms with Crippen molar-refractivity contribution in [3.8, 4) is 11.5 Å². The molecule has 2 aromatic carbocycles. The first-order chi connectivity index (χ1) is 14.1. The maximum atomic E-state index is 13.3. The molecule has 0 radical (unpaired) electrons. The molecule has 150 valence electrons. The molecule has 0 N–H and O–H groups in total. The van der Waals surface area contributed by atoms with Crippen LogP contribution in [-0.4, -0.2) is 45.7 Å². The third kappa shape index (κ3) is 4.62. The highest BCUT2D eigenvalue weighted by molar-refractivity contribution is 7.99. The quantitative estimate of drug-likeness (QED) is 0.635. The predicted molar refractivity (Wildman–Crippen MR) is 116 cm³/mol. The van der Waals surface area contributed by atoms with E-state index in [0.717, 1.165) is 41.4 Å². The molecule has 2 heterocycles. The van der Waals surface area contributed by atoms with Crippen molar-refractivity contribution in [3.63, 3.8) is 0 Å². The zero-order valence-corrected chi connectivity index (χ0v) is 17.5. The van der Waals surface area contributed by atoms with Crippen LogP contribution in [0.5, 0.6) is 0 Å². The lowest BCUT2D eigenvalue weighted by molar-refractivity contribution is 0.209. The second-order valence-corrected chi connectivity index (χ2v) is 8.35. The number of thioether (sulfide) groups is 1. The number of urea groups is 1. The minimum atomic E-state index is 0.0609. The molecule has 1 aliphatic rings. The number of hydrogen-bond donors (Lipinski definition) is 0. The number of rotatable bonds is 4. The molecule has 1 fully saturated rings. The molecule has 3 aromatic rings. The minimum absolute atomic E-state index is 0.0609. The summed E-state index contributed by atoms with van der Waals surface area (Å²) in [5.74, 6) is 3.03. The van der Waals surface area contributed by atoms with Crippen molar-refractivity contribution < 1.29 is 9.21 Å². The summed E-state index contributed by atoms with van der Waals surface area (Å²) in [6, 6.07) is 16.1. The fourth-order valence-corrected chi connectivity index (χ4v) is 4.17. The van der Waals surface area contributed by atoms with Crippen LogP contribution < -0.4 is 4.90 Å². The van der Waals surface area contributed by atoms with Crippen molar-refractivity contribution >= 4 is 23.5 Å². The third-order valence-electron chi connectivity index (χ3n) is 4.93. The van der Waals surface area contributed by atoms with Gasteiger partial charge in [-0.05, 0) is 36.8 Å². The van der Waals surface area contributed by atoms with Crippen molar-refractivity contribution in [2.75, 3.05) is 29.5 Å². The van der Waals surface area contributed by atoms with Gasteiger partial charge in [0.05, 0.1) is 6.54 Å². The Morgan fingerprint density at radius 3 is 2.34 bits per heavy atom. The second-order valence-electron chi connectivity index (χ2n) is 7.13. The van der Waals surface area contributed by atoms with Crippen LogP contribution in [0.15, 0.2) is 52.9 Å². The minimum Gasteiger partial charge on any atom is -0.421 e. The number of amides is 2. The van der Waals surface area contributed by atoms with E-state index < -0.39 is 0 Å². The maximum absolute atomic E-state index is 13.3. The van der Waals surface area contributed by atoms with Gasteiger partial charge in [-0.2, -0.15) is 11.8 Å². The number of nitrogens with zero attached hydrogens (tertiary/aromatic N) is 4. The van der Waals surface area contributed by atoms with Crippen molar-refractivity contribution in [1.82, 2.24) is 15.1 Å². The third-order valence-corrected chi connectivity index (χ3v) is 5.87. The Hall–Kier alpha value is -2.80. The Bertz CT molecular complexity index is 963. The number of benzene rings is 2. The average Bonchev–Trinajstić information content (AvgIpc) is 3.20. The van der Waals surface area contributed by atoms with Gasteiger partial charge in [0.2, 0.25) is 11.8 Å². The fraction of sp³-hybridized carbons (Fsp3) is 0.318. The summed E-state index contributed by atoms with van der Waals surface area (Å²) < 4.78 is 5.49. The summed E-state index contributed by atoms with van der Waals surface area (Å²) in [6.45, 7) is 5.92. The Morgan fingerprint density at radius 2 is 1.72 bits per heavy atom. The number of carbonyl (C=O) groups is 1. The van der Waals surface area contributed by atoms with Gasteiger partial charge in [0.15, 0.2) is 0 Å². The standard InChI is InChI=1S/C22H24N4O2S/c1-16-3-9-20(10-4-16)26(22(27)25-11-13-29-14-12-25)15-18-5-7-19(8-6-18)21-24-23-17(2)28-21/h3-10H,11-15H2,1-2H3. The highest BCUT2D eigenvalue weighted by Gasteiger charge is 2.24. The normalized spacial score (nSPS) is 14.1. The molecular formula is C22H24N4O2S. The van der Waals surface area contributed by atoms with Gasteiger partial charge in [-0.1, -0.05) is 29.8 Å². The molecule has 29 heavy (non-hydrogen) atoms. The molecule has 2 amide bonds. The molecule has 0 spiro atoms. The number of carbonyl (C=O) groups excluding carboxylic acids is 1. The average molecular weight is 409 g/mol. The number of aromatic nitrogens is 2. The lowest BCUT2D eigenvalue weighted by atomic mass is 10.1. The van der Waals surface area contributed by atoms with E-state index in [2.05, 4.69) is 17.1 Å². The van der Waals surface area contributed by atoms with Crippen LogP contribution in [0.2, 0.25) is 0 Å². The van der Waals surface area contributed by atoms with Crippen molar-refractivity contribution in [1.29, 1.82) is 0 Å². The highest BCUT2D eigenvalue weighted by atomic mass is 32.2. The van der Waals surface area contributed by atoms with Crippen LogP contribution in [0.3, 0.4) is 0 Å². The monoisotopic (exact) mass is 408 g/mol. The van der Waals surface area contributed by atoms with E-state index in [9.17, 15) is 4.79 Å². The Labute approximate surface area is 174 Å². The molecule has 1 aliphatic heterocycles. The van der Waals surface area contributed by atoms with Crippen LogP contribution >= 0.6 is 11.8 Å². The van der Waals surface area contributed by atoms with E-state index in [1.54, 1.807) is 6.92 Å². The van der Waals surface area contributed by atoms with E-state index in [1.165, 1.54) is 5.56 Å². The molecule has 1 saturated heterocycles. The zero-order chi connectivity index (χ0) is 20.2. The van der Waals surface area contributed by atoms with Crippen LogP contribution in [-0.2, 0) is 6.54 Å². The SMILES string of the molecule is Cc1ccc(N(Cc2ccc(-c3nnc(C)o3)cc2)C(=O)N2CCSCC2)cc1. The van der Waals surface area contributed by atoms with Gasteiger partial charge in [-0.15, -0.1) is 10.2 Å². The van der Waals surface area contributed by atoms with Gasteiger partial charge >= 0.3 is 6.03 Å². The lowest BCUT2D eigenvalue weighted by Crippen LogP contribution is -2.46. The van der Waals surface area contributed by atoms with E-state index >= 15 is 0 Å². The van der Waals surface area contributed by atoms with E-state index in [4.69, 9.17) is 4.42 Å². The fourth-order valence-electron chi connectivity index (χ4n) is 3.27. The van der Waals surface area contributed by atoms with E-state index in [-0.39, 0.29) is 6.03 Å². The first-order valence-corrected chi connectivity index (χ1v) is 10.9. The van der Waals surface area contributed by atoms with Crippen LogP contribution in [0.4, 0.5) is 10.5 Å². The summed E-state index contributed by atoms with van der Waals surface area (Å²) in [7, 11) is 0. The molecule has 0 saturated carbocycles. The lowest BCUT2D eigenvalue weighted by Gasteiger charge is -2.33. The largest absolute Gasteiger partial charge is 0.421 e. The number of anilines is 1. The first kappa shape index (κ1) is 19.5. The summed E-state index contributed by atoms with van der Waals surface area (Å²) in [5.41, 5.74) is 4.01. The molecule has 0 unspecified atom stereocenters. The molecule has 1 aromatic heterocycles. The Kier molecular flexibility index (Phi) is 5.85. The van der Waals surface area contributed by atoms with Crippen LogP contribution in [0.1, 0.15) is 17.0 Å². The van der Waals surface area contributed by atoms with Gasteiger partial charge in [-0.3, -0.25) is 4.90 Å². The maximum Gasteiger partial charge on any atom is 0.324 e. The Balaban J connectivity index is 1.57. The summed E-state index contributed by atoms with van der Waals surface area (Å²) in [5, 5.41) is 7.94. The predicted octanol–water partition coefficient (Wildman–Crippen LogP) is 4.53. The number of hydrogen-bond acceptors (Lipinski definition) is 5. The van der Waals surface area contributed by atoms with Gasteiger partial charge in [0, 0.05) is 42.8 Å². The zero-order valence-electron chi connectivity index (χ0n) is 16.7. The van der Waals surface area contributed by atoms with Crippen molar-refractivity contribution in [3.05, 3.63) is 65.5 Å². The first-order valence-electron chi connectivity index (χ1n) is 9.70. The molecule has 0 atom stereocenters. The molecule has 0 bridgehead atoms. The molecule has 4 rings (SSSR count). The second kappa shape index (κ2) is 8.69. The highest BCUT2D eigenvalue weighted by Crippen LogP contribution is 2.23. The van der Waals surface area contributed by atoms with Crippen molar-refractivity contribution in [2.45, 2.75) is 20.4 Å². The van der Waals surface area contributed by atoms with Gasteiger partial charge < -0.3 is 9.32 Å². The summed E-state index contributed by atoms with van der Waals surface area (Å²) >= 11 is 1.90. The molecular weight excluding hydrogens is 384 g/mol. The van der Waals surface area contributed by atoms with E-state index in [1.807, 2.05) is 70.1 Å².